The quantitative estimate of drug-likeness (QED) is 0.478. The normalized spacial score (nSPS) is 19.2. The number of halogens is 1. The van der Waals surface area contributed by atoms with Gasteiger partial charge < -0.3 is 4.90 Å². The Morgan fingerprint density at radius 2 is 2.29 bits per heavy atom. The average molecular weight is 355 g/mol. The Hall–Kier alpha value is -0.950. The summed E-state index contributed by atoms with van der Waals surface area (Å²) in [6.07, 6.45) is 2.51. The van der Waals surface area contributed by atoms with E-state index in [1.807, 2.05) is 18.2 Å². The molecule has 0 spiro atoms. The zero-order valence-corrected chi connectivity index (χ0v) is 14.2. The van der Waals surface area contributed by atoms with E-state index in [0.29, 0.717) is 11.6 Å². The Morgan fingerprint density at radius 1 is 1.52 bits per heavy atom. The number of carbonyl (C=O) groups excluding carboxylic acids is 1. The number of nitrogens with two attached hydrogens (primary N) is 1. The van der Waals surface area contributed by atoms with Crippen molar-refractivity contribution in [1.29, 1.82) is 0 Å². The molecule has 1 atom stereocenters. The first-order valence-electron chi connectivity index (χ1n) is 7.19. The molecule has 0 aliphatic carbocycles. The topological polar surface area (TPSA) is 61.6 Å². The second-order valence-electron chi connectivity index (χ2n) is 5.81. The van der Waals surface area contributed by atoms with Gasteiger partial charge in [0.05, 0.1) is 0 Å². The van der Waals surface area contributed by atoms with Crippen LogP contribution in [0.25, 0.3) is 0 Å². The Balaban J connectivity index is 2.07. The minimum atomic E-state index is -0.270. The molecule has 0 bridgehead atoms. The summed E-state index contributed by atoms with van der Waals surface area (Å²) < 4.78 is 0.958. The van der Waals surface area contributed by atoms with E-state index in [4.69, 9.17) is 5.84 Å². The number of carbonyl (C=O) groups is 1. The van der Waals surface area contributed by atoms with E-state index in [0.717, 1.165) is 24.1 Å². The third-order valence-electron chi connectivity index (χ3n) is 3.89. The number of nitrogens with one attached hydrogen (secondary N) is 1. The Bertz CT molecular complexity index is 506. The smallest absolute Gasteiger partial charge is 0.265 e. The number of likely N-dealkylation sites (tertiary alicyclic amines) is 1. The highest BCUT2D eigenvalue weighted by atomic mass is 79.9. The van der Waals surface area contributed by atoms with Crippen molar-refractivity contribution < 1.29 is 4.79 Å². The molecule has 6 heteroatoms. The van der Waals surface area contributed by atoms with Gasteiger partial charge in [0.15, 0.2) is 0 Å². The third kappa shape index (κ3) is 4.26. The number of nitrogens with zero attached hydrogens (tertiary/aromatic N) is 2. The summed E-state index contributed by atoms with van der Waals surface area (Å²) in [6, 6.07) is 6.26. The first-order valence-corrected chi connectivity index (χ1v) is 7.98. The molecule has 1 aliphatic heterocycles. The molecule has 0 aromatic heterocycles. The van der Waals surface area contributed by atoms with Crippen LogP contribution >= 0.6 is 15.9 Å². The van der Waals surface area contributed by atoms with Gasteiger partial charge in [-0.05, 0) is 51.2 Å². The summed E-state index contributed by atoms with van der Waals surface area (Å²) in [5, 5.41) is 0. The largest absolute Gasteiger partial charge is 0.308 e. The Morgan fingerprint density at radius 3 is 2.90 bits per heavy atom. The monoisotopic (exact) mass is 354 g/mol. The summed E-state index contributed by atoms with van der Waals surface area (Å²) in [6.45, 7) is 3.13. The van der Waals surface area contributed by atoms with Crippen molar-refractivity contribution in [2.45, 2.75) is 25.4 Å². The minimum Gasteiger partial charge on any atom is -0.308 e. The van der Waals surface area contributed by atoms with Gasteiger partial charge in [-0.15, -0.1) is 0 Å². The number of rotatable bonds is 5. The lowest BCUT2D eigenvalue weighted by atomic mass is 10.1. The first-order chi connectivity index (χ1) is 10.0. The molecule has 116 valence electrons. The number of hydrogen-bond acceptors (Lipinski definition) is 4. The van der Waals surface area contributed by atoms with Crippen LogP contribution in [-0.4, -0.2) is 48.9 Å². The molecule has 2 rings (SSSR count). The molecular formula is C15H23BrN4O. The molecule has 5 nitrogen and oxygen atoms in total. The van der Waals surface area contributed by atoms with Crippen molar-refractivity contribution in [1.82, 2.24) is 15.2 Å². The van der Waals surface area contributed by atoms with E-state index in [2.05, 4.69) is 45.3 Å². The molecule has 1 aromatic carbocycles. The van der Waals surface area contributed by atoms with Crippen molar-refractivity contribution in [2.24, 2.45) is 5.84 Å². The lowest BCUT2D eigenvalue weighted by Crippen LogP contribution is -2.37. The van der Waals surface area contributed by atoms with Crippen molar-refractivity contribution in [3.8, 4) is 0 Å². The van der Waals surface area contributed by atoms with E-state index in [9.17, 15) is 4.79 Å². The van der Waals surface area contributed by atoms with Gasteiger partial charge in [0.2, 0.25) is 0 Å². The number of hydrogen-bond donors (Lipinski definition) is 2. The van der Waals surface area contributed by atoms with Gasteiger partial charge in [-0.2, -0.15) is 0 Å². The zero-order chi connectivity index (χ0) is 15.4. The number of likely N-dealkylation sites (N-methyl/N-ethyl adjacent to an activating group) is 1. The molecule has 0 saturated carbocycles. The van der Waals surface area contributed by atoms with Gasteiger partial charge in [-0.25, -0.2) is 5.84 Å². The second-order valence-corrected chi connectivity index (χ2v) is 6.66. The number of amides is 1. The molecule has 1 unspecified atom stereocenters. The number of hydrazine groups is 1. The zero-order valence-electron chi connectivity index (χ0n) is 12.6. The predicted octanol–water partition coefficient (Wildman–Crippen LogP) is 1.58. The predicted molar refractivity (Wildman–Crippen MR) is 87.8 cm³/mol. The van der Waals surface area contributed by atoms with Crippen LogP contribution in [0.15, 0.2) is 22.7 Å². The standard InChI is InChI=1S/C15H23BrN4O/c1-19(2)10-13-4-3-7-20(13)9-12-6-5-11(8-14(12)16)15(21)18-17/h5-6,8,13H,3-4,7,9-10,17H2,1-2H3,(H,18,21). The average Bonchev–Trinajstić information content (AvgIpc) is 2.86. The fourth-order valence-corrected chi connectivity index (χ4v) is 3.35. The van der Waals surface area contributed by atoms with Crippen LogP contribution in [0.2, 0.25) is 0 Å². The van der Waals surface area contributed by atoms with Gasteiger partial charge >= 0.3 is 0 Å². The van der Waals surface area contributed by atoms with Gasteiger partial charge in [-0.1, -0.05) is 22.0 Å². The molecule has 1 fully saturated rings. The Kier molecular flexibility index (Phi) is 5.75. The molecule has 3 N–H and O–H groups in total. The first kappa shape index (κ1) is 16.4. The lowest BCUT2D eigenvalue weighted by Gasteiger charge is -2.27. The van der Waals surface area contributed by atoms with Crippen LogP contribution in [0.5, 0.6) is 0 Å². The van der Waals surface area contributed by atoms with E-state index < -0.39 is 0 Å². The maximum Gasteiger partial charge on any atom is 0.265 e. The van der Waals surface area contributed by atoms with Crippen LogP contribution in [0.3, 0.4) is 0 Å². The van der Waals surface area contributed by atoms with E-state index in [-0.39, 0.29) is 5.91 Å². The third-order valence-corrected chi connectivity index (χ3v) is 4.63. The van der Waals surface area contributed by atoms with Crippen molar-refractivity contribution in [3.63, 3.8) is 0 Å². The van der Waals surface area contributed by atoms with Crippen molar-refractivity contribution in [2.75, 3.05) is 27.2 Å². The van der Waals surface area contributed by atoms with Gasteiger partial charge in [-0.3, -0.25) is 15.1 Å². The molecule has 1 amide bonds. The molecule has 0 radical (unpaired) electrons. The van der Waals surface area contributed by atoms with Crippen LogP contribution in [0.1, 0.15) is 28.8 Å². The highest BCUT2D eigenvalue weighted by Gasteiger charge is 2.25. The summed E-state index contributed by atoms with van der Waals surface area (Å²) in [5.74, 6) is 4.89. The maximum atomic E-state index is 11.5. The maximum absolute atomic E-state index is 11.5. The van der Waals surface area contributed by atoms with Crippen LogP contribution in [-0.2, 0) is 6.54 Å². The Labute approximate surface area is 134 Å². The lowest BCUT2D eigenvalue weighted by molar-refractivity contribution is 0.0953. The minimum absolute atomic E-state index is 0.270. The second kappa shape index (κ2) is 7.35. The molecule has 1 aliphatic rings. The fourth-order valence-electron chi connectivity index (χ4n) is 2.85. The SMILES string of the molecule is CN(C)CC1CCCN1Cc1ccc(C(=O)NN)cc1Br. The van der Waals surface area contributed by atoms with Gasteiger partial charge in [0.1, 0.15) is 0 Å². The summed E-state index contributed by atoms with van der Waals surface area (Å²) in [4.78, 5) is 16.3. The van der Waals surface area contributed by atoms with E-state index in [1.54, 1.807) is 0 Å². The molecule has 1 heterocycles. The molecular weight excluding hydrogens is 332 g/mol. The van der Waals surface area contributed by atoms with Crippen LogP contribution in [0, 0.1) is 0 Å². The summed E-state index contributed by atoms with van der Waals surface area (Å²) >= 11 is 3.56. The van der Waals surface area contributed by atoms with E-state index >= 15 is 0 Å². The van der Waals surface area contributed by atoms with Crippen LogP contribution in [0.4, 0.5) is 0 Å². The number of benzene rings is 1. The van der Waals surface area contributed by atoms with Crippen molar-refractivity contribution >= 4 is 21.8 Å². The molecule has 21 heavy (non-hydrogen) atoms. The molecule has 1 saturated heterocycles. The molecule has 1 aromatic rings. The van der Waals surface area contributed by atoms with Gasteiger partial charge in [0, 0.05) is 29.2 Å². The van der Waals surface area contributed by atoms with E-state index in [1.165, 1.54) is 18.4 Å². The summed E-state index contributed by atoms with van der Waals surface area (Å²) in [7, 11) is 4.24. The highest BCUT2D eigenvalue weighted by Crippen LogP contribution is 2.25. The fraction of sp³-hybridized carbons (Fsp3) is 0.533. The highest BCUT2D eigenvalue weighted by molar-refractivity contribution is 9.10. The number of nitrogen functional groups attached to an aromatic ring is 1. The van der Waals surface area contributed by atoms with Crippen molar-refractivity contribution in [3.05, 3.63) is 33.8 Å². The van der Waals surface area contributed by atoms with Crippen LogP contribution < -0.4 is 11.3 Å². The summed E-state index contributed by atoms with van der Waals surface area (Å²) in [5.41, 5.74) is 3.93. The van der Waals surface area contributed by atoms with Gasteiger partial charge in [0.25, 0.3) is 5.91 Å².